The first kappa shape index (κ1) is 15.7. The van der Waals surface area contributed by atoms with E-state index in [0.29, 0.717) is 19.0 Å². The van der Waals surface area contributed by atoms with Crippen molar-refractivity contribution >= 4 is 33.3 Å². The van der Waals surface area contributed by atoms with Crippen molar-refractivity contribution in [2.24, 2.45) is 5.92 Å². The quantitative estimate of drug-likeness (QED) is 0.766. The van der Waals surface area contributed by atoms with Crippen LogP contribution in [0.5, 0.6) is 0 Å². The third-order valence-electron chi connectivity index (χ3n) is 5.31. The van der Waals surface area contributed by atoms with E-state index in [4.69, 9.17) is 0 Å². The number of thiophene rings is 1. The molecule has 2 aliphatic rings. The molecule has 7 nitrogen and oxygen atoms in total. The van der Waals surface area contributed by atoms with Gasteiger partial charge in [-0.1, -0.05) is 6.42 Å². The lowest BCUT2D eigenvalue weighted by Crippen LogP contribution is -2.43. The van der Waals surface area contributed by atoms with E-state index >= 15 is 0 Å². The van der Waals surface area contributed by atoms with Crippen LogP contribution in [-0.4, -0.2) is 37.1 Å². The van der Waals surface area contributed by atoms with Gasteiger partial charge in [-0.15, -0.1) is 11.3 Å². The zero-order valence-corrected chi connectivity index (χ0v) is 15.2. The Morgan fingerprint density at radius 2 is 2.23 bits per heavy atom. The molecule has 0 spiro atoms. The van der Waals surface area contributed by atoms with E-state index in [9.17, 15) is 4.79 Å². The van der Waals surface area contributed by atoms with Crippen molar-refractivity contribution in [2.45, 2.75) is 38.9 Å². The Labute approximate surface area is 155 Å². The molecule has 0 radical (unpaired) electrons. The first-order valence-electron chi connectivity index (χ1n) is 9.04. The van der Waals surface area contributed by atoms with Crippen LogP contribution in [0.2, 0.25) is 0 Å². The zero-order chi connectivity index (χ0) is 17.5. The number of fused-ring (bicyclic) bond motifs is 2. The zero-order valence-electron chi connectivity index (χ0n) is 14.4. The number of hydrogen-bond acceptors (Lipinski definition) is 6. The van der Waals surface area contributed by atoms with Gasteiger partial charge in [-0.05, 0) is 30.4 Å². The average molecular weight is 368 g/mol. The summed E-state index contributed by atoms with van der Waals surface area (Å²) < 4.78 is 2.03. The van der Waals surface area contributed by atoms with E-state index in [1.807, 2.05) is 21.0 Å². The number of hydrogen-bond donors (Lipinski definition) is 1. The number of rotatable bonds is 4. The van der Waals surface area contributed by atoms with Gasteiger partial charge >= 0.3 is 0 Å². The van der Waals surface area contributed by atoms with Crippen LogP contribution >= 0.6 is 11.3 Å². The predicted octanol–water partition coefficient (Wildman–Crippen LogP) is 2.64. The van der Waals surface area contributed by atoms with Crippen LogP contribution in [0.1, 0.15) is 30.7 Å². The fraction of sp³-hybridized carbons (Fsp3) is 0.444. The number of amides is 1. The first-order valence-corrected chi connectivity index (χ1v) is 9.92. The smallest absolute Gasteiger partial charge is 0.226 e. The molecule has 1 aliphatic carbocycles. The lowest BCUT2D eigenvalue weighted by atomic mass is 9.84. The highest BCUT2D eigenvalue weighted by atomic mass is 32.1. The van der Waals surface area contributed by atoms with E-state index in [-0.39, 0.29) is 5.92 Å². The molecular weight excluding hydrogens is 348 g/mol. The monoisotopic (exact) mass is 368 g/mol. The van der Waals surface area contributed by atoms with Gasteiger partial charge in [-0.2, -0.15) is 5.10 Å². The number of carbonyl (C=O) groups excluding carboxylic acids is 1. The lowest BCUT2D eigenvalue weighted by Gasteiger charge is -2.34. The van der Waals surface area contributed by atoms with Gasteiger partial charge in [0.25, 0.3) is 0 Å². The summed E-state index contributed by atoms with van der Waals surface area (Å²) in [5.74, 6) is 1.42. The normalized spacial score (nSPS) is 17.2. The fourth-order valence-electron chi connectivity index (χ4n) is 3.62. The minimum absolute atomic E-state index is 0.261. The average Bonchev–Trinajstić information content (AvgIpc) is 3.24. The molecule has 8 heteroatoms. The van der Waals surface area contributed by atoms with E-state index < -0.39 is 0 Å². The summed E-state index contributed by atoms with van der Waals surface area (Å²) in [6.07, 6.45) is 4.89. The molecule has 5 rings (SSSR count). The molecule has 1 amide bonds. The van der Waals surface area contributed by atoms with Crippen molar-refractivity contribution in [1.29, 1.82) is 0 Å². The number of aromatic nitrogens is 4. The molecule has 1 saturated carbocycles. The Kier molecular flexibility index (Phi) is 3.85. The maximum Gasteiger partial charge on any atom is 0.226 e. The summed E-state index contributed by atoms with van der Waals surface area (Å²) in [5.41, 5.74) is 2.09. The second-order valence-electron chi connectivity index (χ2n) is 6.95. The Balaban J connectivity index is 1.28. The van der Waals surface area contributed by atoms with E-state index in [1.54, 1.807) is 17.7 Å². The van der Waals surface area contributed by atoms with Gasteiger partial charge < -0.3 is 10.2 Å². The summed E-state index contributed by atoms with van der Waals surface area (Å²) in [7, 11) is 0. The lowest BCUT2D eigenvalue weighted by molar-refractivity contribution is -0.139. The number of anilines is 1. The van der Waals surface area contributed by atoms with Crippen LogP contribution < -0.4 is 5.32 Å². The molecular formula is C18H20N6OS. The van der Waals surface area contributed by atoms with Crippen molar-refractivity contribution in [2.75, 3.05) is 11.9 Å². The van der Waals surface area contributed by atoms with Gasteiger partial charge in [0, 0.05) is 12.5 Å². The van der Waals surface area contributed by atoms with Crippen LogP contribution in [0.15, 0.2) is 23.8 Å². The van der Waals surface area contributed by atoms with Gasteiger partial charge in [0.1, 0.15) is 17.0 Å². The maximum absolute atomic E-state index is 12.5. The molecule has 0 aromatic carbocycles. The molecule has 3 aromatic rings. The summed E-state index contributed by atoms with van der Waals surface area (Å²) in [6, 6.07) is 4.13. The van der Waals surface area contributed by atoms with E-state index in [1.165, 1.54) is 6.42 Å². The van der Waals surface area contributed by atoms with Gasteiger partial charge in [0.05, 0.1) is 36.4 Å². The summed E-state index contributed by atoms with van der Waals surface area (Å²) in [4.78, 5) is 24.1. The third kappa shape index (κ3) is 2.74. The third-order valence-corrected chi connectivity index (χ3v) is 6.13. The van der Waals surface area contributed by atoms with Crippen molar-refractivity contribution in [1.82, 2.24) is 24.6 Å². The van der Waals surface area contributed by atoms with Crippen LogP contribution in [0.25, 0.3) is 10.2 Å². The highest BCUT2D eigenvalue weighted by molar-refractivity contribution is 7.16. The molecule has 0 bridgehead atoms. The fourth-order valence-corrected chi connectivity index (χ4v) is 4.35. The second kappa shape index (κ2) is 6.35. The van der Waals surface area contributed by atoms with Gasteiger partial charge in [-0.3, -0.25) is 9.48 Å². The minimum atomic E-state index is 0.261. The largest absolute Gasteiger partial charge is 0.364 e. The maximum atomic E-state index is 12.5. The molecule has 1 fully saturated rings. The molecule has 4 heterocycles. The molecule has 134 valence electrons. The van der Waals surface area contributed by atoms with Gasteiger partial charge in [0.15, 0.2) is 0 Å². The SMILES string of the molecule is O=C(C1CCC1)N1CCn2nc(CNc3ncnc4sccc34)cc2C1. The van der Waals surface area contributed by atoms with Gasteiger partial charge in [0.2, 0.25) is 5.91 Å². The Morgan fingerprint density at radius 3 is 3.08 bits per heavy atom. The summed E-state index contributed by atoms with van der Waals surface area (Å²) >= 11 is 1.61. The van der Waals surface area contributed by atoms with Crippen LogP contribution in [0.4, 0.5) is 5.82 Å². The first-order chi connectivity index (χ1) is 12.8. The second-order valence-corrected chi connectivity index (χ2v) is 7.85. The molecule has 0 saturated heterocycles. The van der Waals surface area contributed by atoms with Crippen molar-refractivity contribution in [3.05, 3.63) is 35.2 Å². The minimum Gasteiger partial charge on any atom is -0.364 e. The summed E-state index contributed by atoms with van der Waals surface area (Å²) in [5, 5.41) is 11.1. The molecule has 26 heavy (non-hydrogen) atoms. The van der Waals surface area contributed by atoms with Gasteiger partial charge in [-0.25, -0.2) is 9.97 Å². The summed E-state index contributed by atoms with van der Waals surface area (Å²) in [6.45, 7) is 2.82. The van der Waals surface area contributed by atoms with Crippen molar-refractivity contribution < 1.29 is 4.79 Å². The highest BCUT2D eigenvalue weighted by Gasteiger charge is 2.31. The van der Waals surface area contributed by atoms with Crippen LogP contribution in [0.3, 0.4) is 0 Å². The molecule has 0 atom stereocenters. The molecule has 1 aliphatic heterocycles. The molecule has 3 aromatic heterocycles. The van der Waals surface area contributed by atoms with Crippen LogP contribution in [-0.2, 0) is 24.4 Å². The molecule has 0 unspecified atom stereocenters. The van der Waals surface area contributed by atoms with Crippen molar-refractivity contribution in [3.63, 3.8) is 0 Å². The topological polar surface area (TPSA) is 75.9 Å². The Bertz CT molecular complexity index is 960. The van der Waals surface area contributed by atoms with Crippen molar-refractivity contribution in [3.8, 4) is 0 Å². The van der Waals surface area contributed by atoms with E-state index in [0.717, 1.165) is 53.4 Å². The Hall–Kier alpha value is -2.48. The standard InChI is InChI=1S/C18H20N6OS/c25-18(12-2-1-3-12)23-5-6-24-14(10-23)8-13(22-24)9-19-16-15-4-7-26-17(15)21-11-20-16/h4,7-8,11-12H,1-3,5-6,9-10H2,(H,19,20,21). The van der Waals surface area contributed by atoms with Crippen LogP contribution in [0, 0.1) is 5.92 Å². The Morgan fingerprint density at radius 1 is 1.31 bits per heavy atom. The predicted molar refractivity (Wildman–Crippen MR) is 99.7 cm³/mol. The van der Waals surface area contributed by atoms with E-state index in [2.05, 4.69) is 26.4 Å². The number of nitrogens with one attached hydrogen (secondary N) is 1. The number of nitrogens with zero attached hydrogens (tertiary/aromatic N) is 5. The number of carbonyl (C=O) groups is 1. The molecule has 1 N–H and O–H groups in total. The highest BCUT2D eigenvalue weighted by Crippen LogP contribution is 2.29.